The highest BCUT2D eigenvalue weighted by Gasteiger charge is 2.21. The van der Waals surface area contributed by atoms with Gasteiger partial charge in [-0.1, -0.05) is 24.3 Å². The molecule has 0 spiro atoms. The van der Waals surface area contributed by atoms with Crippen LogP contribution in [-0.2, 0) is 14.8 Å². The van der Waals surface area contributed by atoms with Crippen LogP contribution in [0.2, 0.25) is 0 Å². The summed E-state index contributed by atoms with van der Waals surface area (Å²) in [5.41, 5.74) is 0.606. The van der Waals surface area contributed by atoms with Crippen molar-refractivity contribution in [2.45, 2.75) is 30.7 Å². The van der Waals surface area contributed by atoms with Crippen LogP contribution < -0.4 is 15.4 Å². The molecule has 1 aliphatic heterocycles. The van der Waals surface area contributed by atoms with Gasteiger partial charge in [0.05, 0.1) is 4.90 Å². The highest BCUT2D eigenvalue weighted by molar-refractivity contribution is 7.89. The van der Waals surface area contributed by atoms with Crippen molar-refractivity contribution in [3.63, 3.8) is 0 Å². The molecule has 1 amide bonds. The van der Waals surface area contributed by atoms with Crippen molar-refractivity contribution in [2.24, 2.45) is 0 Å². The van der Waals surface area contributed by atoms with Crippen LogP contribution >= 0.6 is 12.4 Å². The third-order valence-corrected chi connectivity index (χ3v) is 5.65. The summed E-state index contributed by atoms with van der Waals surface area (Å²) >= 11 is 0. The van der Waals surface area contributed by atoms with Crippen molar-refractivity contribution in [1.82, 2.24) is 10.0 Å². The maximum absolute atomic E-state index is 12.7. The predicted octanol–water partition coefficient (Wildman–Crippen LogP) is 2.25. The molecular formula is C17H22ClN3O3S. The molecule has 25 heavy (non-hydrogen) atoms. The first-order valence-corrected chi connectivity index (χ1v) is 9.48. The van der Waals surface area contributed by atoms with Crippen LogP contribution in [0.3, 0.4) is 0 Å². The summed E-state index contributed by atoms with van der Waals surface area (Å²) in [4.78, 5) is 11.6. The Morgan fingerprint density at radius 3 is 2.56 bits per heavy atom. The van der Waals surface area contributed by atoms with Gasteiger partial charge in [0.25, 0.3) is 0 Å². The third kappa shape index (κ3) is 4.49. The summed E-state index contributed by atoms with van der Waals surface area (Å²) in [5, 5.41) is 7.31. The molecule has 3 N–H and O–H groups in total. The van der Waals surface area contributed by atoms with Crippen LogP contribution in [0.5, 0.6) is 0 Å². The van der Waals surface area contributed by atoms with Crippen molar-refractivity contribution >= 4 is 44.8 Å². The first kappa shape index (κ1) is 19.7. The highest BCUT2D eigenvalue weighted by Crippen LogP contribution is 2.29. The van der Waals surface area contributed by atoms with Gasteiger partial charge in [-0.05, 0) is 31.5 Å². The Bertz CT molecular complexity index is 865. The lowest BCUT2D eigenvalue weighted by molar-refractivity contribution is -0.114. The number of hydrogen-bond acceptors (Lipinski definition) is 4. The number of rotatable bonds is 5. The number of amides is 1. The summed E-state index contributed by atoms with van der Waals surface area (Å²) < 4.78 is 28.1. The van der Waals surface area contributed by atoms with E-state index < -0.39 is 10.0 Å². The zero-order valence-electron chi connectivity index (χ0n) is 13.9. The quantitative estimate of drug-likeness (QED) is 0.739. The fourth-order valence-corrected chi connectivity index (χ4v) is 4.31. The van der Waals surface area contributed by atoms with Gasteiger partial charge in [-0.2, -0.15) is 0 Å². The molecule has 2 aromatic carbocycles. The van der Waals surface area contributed by atoms with E-state index >= 15 is 0 Å². The van der Waals surface area contributed by atoms with Crippen LogP contribution in [0, 0.1) is 0 Å². The summed E-state index contributed by atoms with van der Waals surface area (Å²) in [7, 11) is -3.62. The lowest BCUT2D eigenvalue weighted by Crippen LogP contribution is -2.37. The average Bonchev–Trinajstić information content (AvgIpc) is 3.06. The molecule has 0 aliphatic carbocycles. The van der Waals surface area contributed by atoms with Crippen LogP contribution in [-0.4, -0.2) is 33.5 Å². The van der Waals surface area contributed by atoms with E-state index in [4.69, 9.17) is 0 Å². The van der Waals surface area contributed by atoms with Crippen LogP contribution in [0.4, 0.5) is 5.69 Å². The van der Waals surface area contributed by atoms with Gasteiger partial charge in [0.1, 0.15) is 0 Å². The normalized spacial score (nSPS) is 17.2. The SMILES string of the molecule is CC(=O)Nc1ccc(S(=O)(=O)NCC2CCCN2)c2ccccc12.Cl. The number of benzene rings is 2. The van der Waals surface area contributed by atoms with Crippen molar-refractivity contribution in [3.8, 4) is 0 Å². The molecule has 8 heteroatoms. The minimum Gasteiger partial charge on any atom is -0.326 e. The molecule has 1 atom stereocenters. The molecule has 1 fully saturated rings. The molecule has 3 rings (SSSR count). The summed E-state index contributed by atoms with van der Waals surface area (Å²) in [6.07, 6.45) is 2.05. The van der Waals surface area contributed by atoms with Crippen LogP contribution in [0.15, 0.2) is 41.3 Å². The van der Waals surface area contributed by atoms with Crippen LogP contribution in [0.1, 0.15) is 19.8 Å². The molecule has 1 unspecified atom stereocenters. The van der Waals surface area contributed by atoms with Gasteiger partial charge in [0.2, 0.25) is 15.9 Å². The molecule has 6 nitrogen and oxygen atoms in total. The van der Waals surface area contributed by atoms with Gasteiger partial charge in [0.15, 0.2) is 0 Å². The monoisotopic (exact) mass is 383 g/mol. The highest BCUT2D eigenvalue weighted by atomic mass is 35.5. The lowest BCUT2D eigenvalue weighted by atomic mass is 10.1. The van der Waals surface area contributed by atoms with E-state index in [0.29, 0.717) is 23.0 Å². The molecule has 1 aliphatic rings. The average molecular weight is 384 g/mol. The number of carbonyl (C=O) groups excluding carboxylic acids is 1. The first-order chi connectivity index (χ1) is 11.5. The molecular weight excluding hydrogens is 362 g/mol. The van der Waals surface area contributed by atoms with E-state index in [9.17, 15) is 13.2 Å². The van der Waals surface area contributed by atoms with E-state index in [-0.39, 0.29) is 29.3 Å². The molecule has 1 heterocycles. The van der Waals surface area contributed by atoms with Crippen LogP contribution in [0.25, 0.3) is 10.8 Å². The maximum atomic E-state index is 12.7. The molecule has 0 saturated carbocycles. The van der Waals surface area contributed by atoms with Gasteiger partial charge in [-0.25, -0.2) is 13.1 Å². The largest absolute Gasteiger partial charge is 0.326 e. The van der Waals surface area contributed by atoms with Crippen molar-refractivity contribution in [2.75, 3.05) is 18.4 Å². The topological polar surface area (TPSA) is 87.3 Å². The molecule has 136 valence electrons. The standard InChI is InChI=1S/C17H21N3O3S.ClH/c1-12(21)20-16-8-9-17(15-7-3-2-6-14(15)16)24(22,23)19-11-13-5-4-10-18-13;/h2-3,6-9,13,18-19H,4-5,10-11H2,1H3,(H,20,21);1H. The second kappa shape index (κ2) is 8.14. The van der Waals surface area contributed by atoms with Gasteiger partial charge < -0.3 is 10.6 Å². The Morgan fingerprint density at radius 1 is 1.20 bits per heavy atom. The van der Waals surface area contributed by atoms with Crippen molar-refractivity contribution in [1.29, 1.82) is 0 Å². The molecule has 0 radical (unpaired) electrons. The molecule has 1 saturated heterocycles. The second-order valence-electron chi connectivity index (χ2n) is 5.98. The first-order valence-electron chi connectivity index (χ1n) is 8.00. The molecule has 0 bridgehead atoms. The predicted molar refractivity (Wildman–Crippen MR) is 102 cm³/mol. The smallest absolute Gasteiger partial charge is 0.241 e. The zero-order valence-corrected chi connectivity index (χ0v) is 15.5. The number of anilines is 1. The Hall–Kier alpha value is -1.67. The zero-order chi connectivity index (χ0) is 17.2. The van der Waals surface area contributed by atoms with Crippen molar-refractivity contribution in [3.05, 3.63) is 36.4 Å². The summed E-state index contributed by atoms with van der Waals surface area (Å²) in [6, 6.07) is 10.5. The van der Waals surface area contributed by atoms with Crippen molar-refractivity contribution < 1.29 is 13.2 Å². The van der Waals surface area contributed by atoms with Gasteiger partial charge in [0, 0.05) is 36.0 Å². The maximum Gasteiger partial charge on any atom is 0.241 e. The van der Waals surface area contributed by atoms with E-state index in [1.165, 1.54) is 13.0 Å². The number of hydrogen-bond donors (Lipinski definition) is 3. The Labute approximate surface area is 153 Å². The van der Waals surface area contributed by atoms with E-state index in [1.54, 1.807) is 24.3 Å². The van der Waals surface area contributed by atoms with Gasteiger partial charge in [-0.3, -0.25) is 4.79 Å². The number of carbonyl (C=O) groups is 1. The van der Waals surface area contributed by atoms with Gasteiger partial charge >= 0.3 is 0 Å². The number of sulfonamides is 1. The Kier molecular flexibility index (Phi) is 6.40. The Morgan fingerprint density at radius 2 is 1.92 bits per heavy atom. The summed E-state index contributed by atoms with van der Waals surface area (Å²) in [5.74, 6) is -0.193. The lowest BCUT2D eigenvalue weighted by Gasteiger charge is -2.15. The van der Waals surface area contributed by atoms with Gasteiger partial charge in [-0.15, -0.1) is 12.4 Å². The fourth-order valence-electron chi connectivity index (χ4n) is 3.02. The second-order valence-corrected chi connectivity index (χ2v) is 7.72. The minimum absolute atomic E-state index is 0. The molecule has 0 aromatic heterocycles. The summed E-state index contributed by atoms with van der Waals surface area (Å²) in [6.45, 7) is 2.74. The van der Waals surface area contributed by atoms with E-state index in [2.05, 4.69) is 15.4 Å². The third-order valence-electron chi connectivity index (χ3n) is 4.17. The van der Waals surface area contributed by atoms with E-state index in [0.717, 1.165) is 19.4 Å². The number of fused-ring (bicyclic) bond motifs is 1. The number of nitrogens with one attached hydrogen (secondary N) is 3. The Balaban J connectivity index is 0.00000225. The molecule has 2 aromatic rings. The number of halogens is 1. The van der Waals surface area contributed by atoms with E-state index in [1.807, 2.05) is 6.07 Å². The minimum atomic E-state index is -3.62. The fraction of sp³-hybridized carbons (Fsp3) is 0.353.